The zero-order chi connectivity index (χ0) is 19.0. The van der Waals surface area contributed by atoms with Crippen LogP contribution in [-0.2, 0) is 11.2 Å². The number of furan rings is 1. The molecule has 1 aliphatic rings. The highest BCUT2D eigenvalue weighted by Gasteiger charge is 2.23. The molecular formula is C22H23FN2O2. The molecule has 1 fully saturated rings. The van der Waals surface area contributed by atoms with Gasteiger partial charge in [0.2, 0.25) is 5.91 Å². The molecule has 0 atom stereocenters. The molecule has 140 valence electrons. The quantitative estimate of drug-likeness (QED) is 0.701. The Morgan fingerprint density at radius 2 is 1.81 bits per heavy atom. The van der Waals surface area contributed by atoms with Gasteiger partial charge in [0.15, 0.2) is 0 Å². The summed E-state index contributed by atoms with van der Waals surface area (Å²) in [7, 11) is 0. The van der Waals surface area contributed by atoms with Gasteiger partial charge in [-0.25, -0.2) is 4.39 Å². The maximum Gasteiger partial charge on any atom is 0.227 e. The minimum Gasteiger partial charge on any atom is -0.464 e. The number of anilines is 1. The molecule has 3 aromatic rings. The Bertz CT molecular complexity index is 987. The minimum atomic E-state index is -0.215. The highest BCUT2D eigenvalue weighted by molar-refractivity contribution is 5.89. The number of hydrogen-bond acceptors (Lipinski definition) is 3. The average Bonchev–Trinajstić information content (AvgIpc) is 3.08. The molecule has 2 aromatic carbocycles. The van der Waals surface area contributed by atoms with E-state index in [-0.39, 0.29) is 11.7 Å². The van der Waals surface area contributed by atoms with Crippen molar-refractivity contribution in [2.24, 2.45) is 0 Å². The van der Waals surface area contributed by atoms with Crippen LogP contribution in [0.4, 0.5) is 10.1 Å². The van der Waals surface area contributed by atoms with Gasteiger partial charge in [0, 0.05) is 37.1 Å². The summed E-state index contributed by atoms with van der Waals surface area (Å²) in [5.41, 5.74) is 4.69. The van der Waals surface area contributed by atoms with Gasteiger partial charge < -0.3 is 14.2 Å². The van der Waals surface area contributed by atoms with Gasteiger partial charge in [-0.3, -0.25) is 4.79 Å². The van der Waals surface area contributed by atoms with E-state index >= 15 is 0 Å². The fraction of sp³-hybridized carbons (Fsp3) is 0.318. The number of fused-ring (bicyclic) bond motifs is 1. The number of carbonyl (C=O) groups is 1. The van der Waals surface area contributed by atoms with Crippen molar-refractivity contribution in [3.63, 3.8) is 0 Å². The van der Waals surface area contributed by atoms with Gasteiger partial charge in [-0.15, -0.1) is 0 Å². The van der Waals surface area contributed by atoms with Crippen molar-refractivity contribution in [1.29, 1.82) is 0 Å². The van der Waals surface area contributed by atoms with Crippen LogP contribution in [0.25, 0.3) is 11.0 Å². The van der Waals surface area contributed by atoms with E-state index in [0.29, 0.717) is 38.3 Å². The van der Waals surface area contributed by atoms with Crippen LogP contribution in [-0.4, -0.2) is 37.0 Å². The second kappa shape index (κ2) is 7.06. The number of piperazine rings is 1. The number of carbonyl (C=O) groups excluding carboxylic acids is 1. The second-order valence-corrected chi connectivity index (χ2v) is 7.14. The standard InChI is InChI=1S/C22H23FN2O2/c1-15-7-8-18-17(14-27-22(18)16(15)2)13-21(26)25-11-9-24(10-12-25)20-6-4-3-5-19(20)23/h3-8,14H,9-13H2,1-2H3. The van der Waals surface area contributed by atoms with Gasteiger partial charge >= 0.3 is 0 Å². The van der Waals surface area contributed by atoms with Crippen molar-refractivity contribution in [3.8, 4) is 0 Å². The molecule has 27 heavy (non-hydrogen) atoms. The van der Waals surface area contributed by atoms with E-state index in [2.05, 4.69) is 13.0 Å². The number of nitrogens with zero attached hydrogens (tertiary/aromatic N) is 2. The third-order valence-electron chi connectivity index (χ3n) is 5.51. The van der Waals surface area contributed by atoms with E-state index in [4.69, 9.17) is 4.42 Å². The number of aryl methyl sites for hydroxylation is 2. The molecule has 2 heterocycles. The van der Waals surface area contributed by atoms with E-state index in [9.17, 15) is 9.18 Å². The summed E-state index contributed by atoms with van der Waals surface area (Å²) >= 11 is 0. The number of para-hydroxylation sites is 1. The fourth-order valence-electron chi connectivity index (χ4n) is 3.70. The van der Waals surface area contributed by atoms with Crippen molar-refractivity contribution in [1.82, 2.24) is 4.90 Å². The monoisotopic (exact) mass is 366 g/mol. The molecule has 0 saturated carbocycles. The molecule has 5 heteroatoms. The topological polar surface area (TPSA) is 36.7 Å². The van der Waals surface area contributed by atoms with Gasteiger partial charge in [0.1, 0.15) is 11.4 Å². The summed E-state index contributed by atoms with van der Waals surface area (Å²) in [4.78, 5) is 16.6. The molecule has 0 bridgehead atoms. The molecule has 0 aliphatic carbocycles. The van der Waals surface area contributed by atoms with Crippen LogP contribution < -0.4 is 4.90 Å². The SMILES string of the molecule is Cc1ccc2c(CC(=O)N3CCN(c4ccccc4F)CC3)coc2c1C. The zero-order valence-corrected chi connectivity index (χ0v) is 15.7. The van der Waals surface area contributed by atoms with Crippen LogP contribution in [0, 0.1) is 19.7 Å². The molecule has 0 unspecified atom stereocenters. The first kappa shape index (κ1) is 17.6. The number of halogens is 1. The lowest BCUT2D eigenvalue weighted by molar-refractivity contribution is -0.130. The smallest absolute Gasteiger partial charge is 0.227 e. The Morgan fingerprint density at radius 3 is 2.56 bits per heavy atom. The molecular weight excluding hydrogens is 343 g/mol. The Kier molecular flexibility index (Phi) is 4.60. The number of benzene rings is 2. The fourth-order valence-corrected chi connectivity index (χ4v) is 3.70. The highest BCUT2D eigenvalue weighted by atomic mass is 19.1. The average molecular weight is 366 g/mol. The molecule has 1 aromatic heterocycles. The summed E-state index contributed by atoms with van der Waals surface area (Å²) in [6.45, 7) is 6.56. The first-order valence-electron chi connectivity index (χ1n) is 9.28. The molecule has 1 amide bonds. The van der Waals surface area contributed by atoms with E-state index in [1.807, 2.05) is 28.9 Å². The summed E-state index contributed by atoms with van der Waals surface area (Å²) in [5, 5.41) is 1.01. The van der Waals surface area contributed by atoms with Crippen molar-refractivity contribution < 1.29 is 13.6 Å². The Labute approximate surface area is 158 Å². The van der Waals surface area contributed by atoms with Crippen LogP contribution in [0.1, 0.15) is 16.7 Å². The van der Waals surface area contributed by atoms with Crippen molar-refractivity contribution in [2.75, 3.05) is 31.1 Å². The summed E-state index contributed by atoms with van der Waals surface area (Å²) in [6, 6.07) is 10.9. The highest BCUT2D eigenvalue weighted by Crippen LogP contribution is 2.27. The lowest BCUT2D eigenvalue weighted by Gasteiger charge is -2.36. The van der Waals surface area contributed by atoms with E-state index in [1.54, 1.807) is 18.4 Å². The summed E-state index contributed by atoms with van der Waals surface area (Å²) in [6.07, 6.45) is 2.03. The number of rotatable bonds is 3. The van der Waals surface area contributed by atoms with Gasteiger partial charge in [-0.05, 0) is 37.1 Å². The lowest BCUT2D eigenvalue weighted by Crippen LogP contribution is -2.49. The molecule has 4 nitrogen and oxygen atoms in total. The Hall–Kier alpha value is -2.82. The van der Waals surface area contributed by atoms with Crippen LogP contribution >= 0.6 is 0 Å². The van der Waals surface area contributed by atoms with Crippen LogP contribution in [0.2, 0.25) is 0 Å². The third kappa shape index (κ3) is 3.29. The first-order chi connectivity index (χ1) is 13.0. The maximum absolute atomic E-state index is 14.0. The zero-order valence-electron chi connectivity index (χ0n) is 15.7. The molecule has 0 radical (unpaired) electrons. The number of amides is 1. The molecule has 0 N–H and O–H groups in total. The molecule has 4 rings (SSSR count). The number of hydrogen-bond donors (Lipinski definition) is 0. The van der Waals surface area contributed by atoms with E-state index < -0.39 is 0 Å². The second-order valence-electron chi connectivity index (χ2n) is 7.14. The van der Waals surface area contributed by atoms with Crippen LogP contribution in [0.5, 0.6) is 0 Å². The van der Waals surface area contributed by atoms with Gasteiger partial charge in [-0.1, -0.05) is 24.3 Å². The van der Waals surface area contributed by atoms with Crippen molar-refractivity contribution in [2.45, 2.75) is 20.3 Å². The van der Waals surface area contributed by atoms with Gasteiger partial charge in [-0.2, -0.15) is 0 Å². The molecule has 0 spiro atoms. The third-order valence-corrected chi connectivity index (χ3v) is 5.51. The van der Waals surface area contributed by atoms with Crippen LogP contribution in [0.3, 0.4) is 0 Å². The van der Waals surface area contributed by atoms with E-state index in [0.717, 1.165) is 22.1 Å². The minimum absolute atomic E-state index is 0.0871. The Balaban J connectivity index is 1.43. The lowest BCUT2D eigenvalue weighted by atomic mass is 10.0. The van der Waals surface area contributed by atoms with Gasteiger partial charge in [0.05, 0.1) is 18.4 Å². The van der Waals surface area contributed by atoms with E-state index in [1.165, 1.54) is 11.6 Å². The van der Waals surface area contributed by atoms with Crippen LogP contribution in [0.15, 0.2) is 47.1 Å². The predicted molar refractivity (Wildman–Crippen MR) is 105 cm³/mol. The Morgan fingerprint density at radius 1 is 1.07 bits per heavy atom. The van der Waals surface area contributed by atoms with Gasteiger partial charge in [0.25, 0.3) is 0 Å². The van der Waals surface area contributed by atoms with Crippen molar-refractivity contribution in [3.05, 3.63) is 65.2 Å². The maximum atomic E-state index is 14.0. The predicted octanol–water partition coefficient (Wildman–Crippen LogP) is 4.08. The largest absolute Gasteiger partial charge is 0.464 e. The normalized spacial score (nSPS) is 14.8. The molecule has 1 saturated heterocycles. The molecule has 1 aliphatic heterocycles. The summed E-state index contributed by atoms with van der Waals surface area (Å²) < 4.78 is 19.7. The first-order valence-corrected chi connectivity index (χ1v) is 9.28. The summed E-state index contributed by atoms with van der Waals surface area (Å²) in [5.74, 6) is -0.128. The van der Waals surface area contributed by atoms with Crippen molar-refractivity contribution >= 4 is 22.6 Å².